The Morgan fingerprint density at radius 2 is 2.00 bits per heavy atom. The van der Waals surface area contributed by atoms with Crippen LogP contribution in [0.1, 0.15) is 50.5 Å². The predicted molar refractivity (Wildman–Crippen MR) is 156 cm³/mol. The van der Waals surface area contributed by atoms with Crippen molar-refractivity contribution in [1.29, 1.82) is 0 Å². The number of halogens is 1. The molecule has 0 bridgehead atoms. The second kappa shape index (κ2) is 13.0. The van der Waals surface area contributed by atoms with Crippen LogP contribution in [0.25, 0.3) is 21.9 Å². The molecule has 1 saturated heterocycles. The molecule has 0 spiro atoms. The number of methoxy groups -OCH3 is 1. The molecule has 1 amide bonds. The molecule has 3 aromatic rings. The number of hydrogen-bond acceptors (Lipinski definition) is 6. The number of benzene rings is 2. The van der Waals surface area contributed by atoms with Gasteiger partial charge in [0.05, 0.1) is 19.3 Å². The monoisotopic (exact) mass is 566 g/mol. The highest BCUT2D eigenvalue weighted by Gasteiger charge is 2.45. The van der Waals surface area contributed by atoms with Gasteiger partial charge >= 0.3 is 0 Å². The SMILES string of the molecule is COCCCCC[C@@](O)(c1cccc(Cl)c1-c1cncc2ccccc12)[C@H]1CN(C(=O)[C@H]2CC[C@@H](O)C2)CCO1. The Labute approximate surface area is 241 Å². The van der Waals surface area contributed by atoms with E-state index in [1.54, 1.807) is 13.3 Å². The van der Waals surface area contributed by atoms with Crippen molar-refractivity contribution in [2.45, 2.75) is 62.8 Å². The number of aliphatic hydroxyl groups is 2. The van der Waals surface area contributed by atoms with Crippen molar-refractivity contribution < 1.29 is 24.5 Å². The van der Waals surface area contributed by atoms with Crippen LogP contribution in [-0.4, -0.2) is 71.6 Å². The number of unbranched alkanes of at least 4 members (excludes halogenated alkanes) is 2. The first-order valence-corrected chi connectivity index (χ1v) is 14.7. The van der Waals surface area contributed by atoms with Crippen LogP contribution < -0.4 is 0 Å². The van der Waals surface area contributed by atoms with Crippen LogP contribution in [0.2, 0.25) is 5.02 Å². The summed E-state index contributed by atoms with van der Waals surface area (Å²) in [5, 5.41) is 25.2. The molecule has 1 aliphatic heterocycles. The topological polar surface area (TPSA) is 92.1 Å². The molecular formula is C32H39ClN2O5. The van der Waals surface area contributed by atoms with Gasteiger partial charge in [0.15, 0.2) is 0 Å². The Morgan fingerprint density at radius 1 is 1.15 bits per heavy atom. The van der Waals surface area contributed by atoms with E-state index in [4.69, 9.17) is 21.1 Å². The van der Waals surface area contributed by atoms with E-state index in [1.165, 1.54) is 0 Å². The first kappa shape index (κ1) is 29.0. The van der Waals surface area contributed by atoms with E-state index in [0.29, 0.717) is 56.0 Å². The molecule has 8 heteroatoms. The number of rotatable bonds is 10. The van der Waals surface area contributed by atoms with Gasteiger partial charge in [-0.2, -0.15) is 0 Å². The number of hydrogen-bond donors (Lipinski definition) is 2. The van der Waals surface area contributed by atoms with Crippen LogP contribution in [0.3, 0.4) is 0 Å². The number of morpholine rings is 1. The summed E-state index contributed by atoms with van der Waals surface area (Å²) in [5.74, 6) is -0.142. The number of amides is 1. The van der Waals surface area contributed by atoms with Crippen molar-refractivity contribution in [2.75, 3.05) is 33.4 Å². The number of ether oxygens (including phenoxy) is 2. The third kappa shape index (κ3) is 6.04. The number of fused-ring (bicyclic) bond motifs is 1. The second-order valence-electron chi connectivity index (χ2n) is 11.1. The van der Waals surface area contributed by atoms with Crippen molar-refractivity contribution in [3.63, 3.8) is 0 Å². The van der Waals surface area contributed by atoms with Gasteiger partial charge in [-0.3, -0.25) is 9.78 Å². The van der Waals surface area contributed by atoms with E-state index in [1.807, 2.05) is 53.6 Å². The third-order valence-electron chi connectivity index (χ3n) is 8.49. The number of nitrogens with zero attached hydrogens (tertiary/aromatic N) is 2. The van der Waals surface area contributed by atoms with Gasteiger partial charge in [0.2, 0.25) is 5.91 Å². The minimum Gasteiger partial charge on any atom is -0.393 e. The molecule has 2 heterocycles. The van der Waals surface area contributed by atoms with Crippen LogP contribution >= 0.6 is 11.6 Å². The molecule has 214 valence electrons. The number of carbonyl (C=O) groups is 1. The van der Waals surface area contributed by atoms with Crippen molar-refractivity contribution in [3.8, 4) is 11.1 Å². The summed E-state index contributed by atoms with van der Waals surface area (Å²) in [5.41, 5.74) is 0.859. The van der Waals surface area contributed by atoms with Crippen LogP contribution in [0, 0.1) is 5.92 Å². The van der Waals surface area contributed by atoms with E-state index in [9.17, 15) is 15.0 Å². The Bertz CT molecular complexity index is 1310. The molecule has 1 saturated carbocycles. The average molecular weight is 567 g/mol. The molecule has 2 N–H and O–H groups in total. The van der Waals surface area contributed by atoms with Crippen LogP contribution in [-0.2, 0) is 19.9 Å². The zero-order valence-electron chi connectivity index (χ0n) is 23.1. The average Bonchev–Trinajstić information content (AvgIpc) is 3.42. The smallest absolute Gasteiger partial charge is 0.225 e. The summed E-state index contributed by atoms with van der Waals surface area (Å²) >= 11 is 6.91. The van der Waals surface area contributed by atoms with Gasteiger partial charge in [-0.15, -0.1) is 0 Å². The maximum Gasteiger partial charge on any atom is 0.225 e. The molecule has 2 aromatic carbocycles. The van der Waals surface area contributed by atoms with Crippen molar-refractivity contribution in [1.82, 2.24) is 9.88 Å². The van der Waals surface area contributed by atoms with E-state index in [2.05, 4.69) is 4.98 Å². The second-order valence-corrected chi connectivity index (χ2v) is 11.5. The minimum atomic E-state index is -1.40. The highest BCUT2D eigenvalue weighted by atomic mass is 35.5. The predicted octanol–water partition coefficient (Wildman–Crippen LogP) is 5.34. The molecule has 7 nitrogen and oxygen atoms in total. The lowest BCUT2D eigenvalue weighted by Crippen LogP contribution is -2.55. The minimum absolute atomic E-state index is 0.0388. The van der Waals surface area contributed by atoms with Gasteiger partial charge in [0.1, 0.15) is 11.7 Å². The molecule has 4 atom stereocenters. The maximum atomic E-state index is 13.4. The van der Waals surface area contributed by atoms with E-state index in [0.717, 1.165) is 41.2 Å². The number of aliphatic hydroxyl groups excluding tert-OH is 1. The first-order valence-electron chi connectivity index (χ1n) is 14.3. The van der Waals surface area contributed by atoms with Crippen molar-refractivity contribution in [3.05, 3.63) is 65.4 Å². The summed E-state index contributed by atoms with van der Waals surface area (Å²) in [4.78, 5) is 19.7. The zero-order valence-corrected chi connectivity index (χ0v) is 23.9. The summed E-state index contributed by atoms with van der Waals surface area (Å²) in [6.07, 6.45) is 7.38. The maximum absolute atomic E-state index is 13.4. The quantitative estimate of drug-likeness (QED) is 0.322. The zero-order chi connectivity index (χ0) is 28.1. The van der Waals surface area contributed by atoms with Gasteiger partial charge in [-0.1, -0.05) is 60.8 Å². The summed E-state index contributed by atoms with van der Waals surface area (Å²) < 4.78 is 11.5. The molecule has 1 aliphatic carbocycles. The van der Waals surface area contributed by atoms with Gasteiger partial charge in [0.25, 0.3) is 0 Å². The van der Waals surface area contributed by atoms with E-state index >= 15 is 0 Å². The summed E-state index contributed by atoms with van der Waals surface area (Å²) in [6.45, 7) is 1.75. The molecule has 40 heavy (non-hydrogen) atoms. The lowest BCUT2D eigenvalue weighted by Gasteiger charge is -2.44. The van der Waals surface area contributed by atoms with Gasteiger partial charge in [0, 0.05) is 60.1 Å². The van der Waals surface area contributed by atoms with Crippen LogP contribution in [0.15, 0.2) is 54.9 Å². The fourth-order valence-electron chi connectivity index (χ4n) is 6.34. The van der Waals surface area contributed by atoms with Gasteiger partial charge in [-0.25, -0.2) is 0 Å². The molecule has 0 unspecified atom stereocenters. The molecule has 2 fully saturated rings. The highest BCUT2D eigenvalue weighted by molar-refractivity contribution is 6.34. The van der Waals surface area contributed by atoms with E-state index < -0.39 is 17.8 Å². The lowest BCUT2D eigenvalue weighted by atomic mass is 9.78. The number of aromatic nitrogens is 1. The van der Waals surface area contributed by atoms with Crippen molar-refractivity contribution in [2.24, 2.45) is 5.92 Å². The first-order chi connectivity index (χ1) is 19.4. The number of carbonyl (C=O) groups excluding carboxylic acids is 1. The Kier molecular flexibility index (Phi) is 9.38. The van der Waals surface area contributed by atoms with Crippen molar-refractivity contribution >= 4 is 28.3 Å². The largest absolute Gasteiger partial charge is 0.393 e. The van der Waals surface area contributed by atoms with Crippen LogP contribution in [0.4, 0.5) is 0 Å². The normalized spacial score (nSPS) is 22.9. The summed E-state index contributed by atoms with van der Waals surface area (Å²) in [6, 6.07) is 13.6. The molecule has 2 aliphatic rings. The van der Waals surface area contributed by atoms with Crippen LogP contribution in [0.5, 0.6) is 0 Å². The molecule has 0 radical (unpaired) electrons. The Morgan fingerprint density at radius 3 is 2.80 bits per heavy atom. The summed E-state index contributed by atoms with van der Waals surface area (Å²) in [7, 11) is 1.69. The lowest BCUT2D eigenvalue weighted by molar-refractivity contribution is -0.167. The van der Waals surface area contributed by atoms with Gasteiger partial charge < -0.3 is 24.6 Å². The number of pyridine rings is 1. The Balaban J connectivity index is 1.53. The van der Waals surface area contributed by atoms with E-state index in [-0.39, 0.29) is 18.4 Å². The van der Waals surface area contributed by atoms with Gasteiger partial charge in [-0.05, 0) is 49.1 Å². The fraction of sp³-hybridized carbons (Fsp3) is 0.500. The molecule has 1 aromatic heterocycles. The highest BCUT2D eigenvalue weighted by Crippen LogP contribution is 2.44. The molecular weight excluding hydrogens is 528 g/mol. The Hall–Kier alpha value is -2.55. The standard InChI is InChI=1S/C32H39ClN2O5/c1-39-16-6-2-5-14-32(38,29-21-35(15-17-40-29)31(37)22-12-13-24(36)18-22)27-10-7-11-28(33)30(27)26-20-34-19-23-8-3-4-9-25(23)26/h3-4,7-11,19-20,22,24,29,36,38H,2,5-6,12-18,21H2,1H3/t22-,24+,29+,32+/m0/s1. The molecule has 5 rings (SSSR count). The fourth-order valence-corrected chi connectivity index (χ4v) is 6.62. The third-order valence-corrected chi connectivity index (χ3v) is 8.80.